The smallest absolute Gasteiger partial charge is 1.00 e. The van der Waals surface area contributed by atoms with Gasteiger partial charge in [-0.05, 0) is 12.1 Å². The van der Waals surface area contributed by atoms with Crippen LogP contribution >= 0.6 is 12.4 Å². The topological polar surface area (TPSA) is 75.7 Å². The molecule has 4 N–H and O–H groups in total. The van der Waals surface area contributed by atoms with Crippen molar-refractivity contribution in [1.82, 2.24) is 0 Å². The minimum atomic E-state index is -1.79. The fraction of sp³-hybridized carbons (Fsp3) is 0. The summed E-state index contributed by atoms with van der Waals surface area (Å²) in [6.07, 6.45) is 0. The minimum Gasteiger partial charge on any atom is -1.00 e. The second-order valence-corrected chi connectivity index (χ2v) is 2.02. The van der Waals surface area contributed by atoms with Crippen molar-refractivity contribution in [1.29, 1.82) is 0 Å². The molecule has 1 aromatic rings. The van der Waals surface area contributed by atoms with E-state index >= 15 is 0 Å². The van der Waals surface area contributed by atoms with Crippen LogP contribution in [0.25, 0.3) is 0 Å². The van der Waals surface area contributed by atoms with Gasteiger partial charge in [-0.25, -0.2) is 0 Å². The molecule has 0 fully saturated rings. The molecule has 0 amide bonds. The van der Waals surface area contributed by atoms with Crippen LogP contribution in [0.4, 0.5) is 5.69 Å². The number of anilines is 1. The van der Waals surface area contributed by atoms with Crippen LogP contribution in [0.2, 0.25) is 0 Å². The summed E-state index contributed by atoms with van der Waals surface area (Å²) in [4.78, 5) is 0. The number of nitrogens with two attached hydrogens (primary N) is 1. The molecule has 0 saturated heterocycles. The van der Waals surface area contributed by atoms with E-state index in [0.29, 0.717) is 11.4 Å². The second-order valence-electron chi connectivity index (χ2n) is 2.02. The molecule has 0 aliphatic heterocycles. The zero-order chi connectivity index (χ0) is 8.27. The molecule has 0 bridgehead atoms. The number of hydrogen-bond donors (Lipinski definition) is 3. The third-order valence-corrected chi connectivity index (χ3v) is 1.10. The normalized spacial score (nSPS) is 7.85. The Morgan fingerprint density at radius 3 is 2.46 bits per heavy atom. The Balaban J connectivity index is -0.000000403. The maximum Gasteiger partial charge on any atom is 1.00 e. The van der Waals surface area contributed by atoms with Gasteiger partial charge < -0.3 is 21.9 Å². The third kappa shape index (κ3) is 5.86. The summed E-state index contributed by atoms with van der Waals surface area (Å²) < 4.78 is 4.53. The van der Waals surface area contributed by atoms with Crippen LogP contribution in [0.1, 0.15) is 1.43 Å². The van der Waals surface area contributed by atoms with E-state index < -0.39 is 7.32 Å². The Morgan fingerprint density at radius 2 is 2.00 bits per heavy atom. The minimum absolute atomic E-state index is 0. The number of halogens is 1. The van der Waals surface area contributed by atoms with Crippen LogP contribution < -0.4 is 29.2 Å². The molecule has 0 radical (unpaired) electrons. The van der Waals surface area contributed by atoms with Gasteiger partial charge in [-0.15, -0.1) is 12.4 Å². The van der Waals surface area contributed by atoms with Crippen molar-refractivity contribution < 1.29 is 35.0 Å². The van der Waals surface area contributed by atoms with Gasteiger partial charge in [0.15, 0.2) is 0 Å². The predicted octanol–water partition coefficient (Wildman–Crippen LogP) is -2.84. The molecule has 68 valence electrons. The summed E-state index contributed by atoms with van der Waals surface area (Å²) in [6.45, 7) is 0. The van der Waals surface area contributed by atoms with Crippen molar-refractivity contribution in [3.8, 4) is 5.75 Å². The number of benzene rings is 1. The van der Waals surface area contributed by atoms with Gasteiger partial charge in [0.25, 0.3) is 0 Å². The molecular formula is C6H10BClLiNO3. The average Bonchev–Trinajstić information content (AvgIpc) is 1.85. The van der Waals surface area contributed by atoms with Gasteiger partial charge in [-0.2, -0.15) is 0 Å². The summed E-state index contributed by atoms with van der Waals surface area (Å²) in [7, 11) is -1.79. The van der Waals surface area contributed by atoms with Gasteiger partial charge in [0, 0.05) is 11.8 Å². The molecule has 7 heteroatoms. The van der Waals surface area contributed by atoms with Crippen molar-refractivity contribution >= 4 is 25.4 Å². The summed E-state index contributed by atoms with van der Waals surface area (Å²) in [5.74, 6) is 0.333. The first-order chi connectivity index (χ1) is 5.18. The average molecular weight is 197 g/mol. The first kappa shape index (κ1) is 15.2. The van der Waals surface area contributed by atoms with Crippen molar-refractivity contribution in [2.24, 2.45) is 0 Å². The van der Waals surface area contributed by atoms with Gasteiger partial charge in [-0.3, -0.25) is 0 Å². The van der Waals surface area contributed by atoms with E-state index in [-0.39, 0.29) is 32.7 Å². The molecule has 0 unspecified atom stereocenters. The van der Waals surface area contributed by atoms with Crippen LogP contribution in [0.15, 0.2) is 24.3 Å². The van der Waals surface area contributed by atoms with Crippen molar-refractivity contribution in [3.63, 3.8) is 0 Å². The number of rotatable bonds is 2. The van der Waals surface area contributed by atoms with Crippen molar-refractivity contribution in [3.05, 3.63) is 24.3 Å². The molecular weight excluding hydrogens is 187 g/mol. The summed E-state index contributed by atoms with van der Waals surface area (Å²) in [6, 6.07) is 6.42. The van der Waals surface area contributed by atoms with E-state index in [1.807, 2.05) is 0 Å². The van der Waals surface area contributed by atoms with Gasteiger partial charge in [-0.1, -0.05) is 6.07 Å². The fourth-order valence-electron chi connectivity index (χ4n) is 0.710. The van der Waals surface area contributed by atoms with E-state index in [0.717, 1.165) is 0 Å². The summed E-state index contributed by atoms with van der Waals surface area (Å²) in [5.41, 5.74) is 5.91. The zero-order valence-electron chi connectivity index (χ0n) is 8.18. The third-order valence-electron chi connectivity index (χ3n) is 1.10. The Bertz CT molecular complexity index is 256. The largest absolute Gasteiger partial charge is 1.00 e. The second kappa shape index (κ2) is 7.13. The van der Waals surface area contributed by atoms with Crippen LogP contribution in [-0.2, 0) is 0 Å². The van der Waals surface area contributed by atoms with E-state index in [1.54, 1.807) is 18.2 Å². The Hall–Kier alpha value is -0.308. The maximum atomic E-state index is 8.39. The molecule has 13 heavy (non-hydrogen) atoms. The molecule has 1 rings (SSSR count). The van der Waals surface area contributed by atoms with Crippen LogP contribution in [0.5, 0.6) is 5.75 Å². The van der Waals surface area contributed by atoms with Crippen LogP contribution in [0.3, 0.4) is 0 Å². The van der Waals surface area contributed by atoms with E-state index in [1.165, 1.54) is 6.07 Å². The quantitative estimate of drug-likeness (QED) is 0.352. The molecule has 4 nitrogen and oxygen atoms in total. The molecule has 0 aliphatic carbocycles. The molecule has 1 aromatic carbocycles. The molecule has 0 heterocycles. The fourth-order valence-corrected chi connectivity index (χ4v) is 0.710. The van der Waals surface area contributed by atoms with Crippen molar-refractivity contribution in [2.75, 3.05) is 5.73 Å². The Kier molecular flexibility index (Phi) is 8.32. The molecule has 0 atom stereocenters. The van der Waals surface area contributed by atoms with E-state index in [2.05, 4.69) is 4.65 Å². The predicted molar refractivity (Wildman–Crippen MR) is 50.0 cm³/mol. The van der Waals surface area contributed by atoms with Crippen LogP contribution in [-0.4, -0.2) is 17.4 Å². The first-order valence-electron chi connectivity index (χ1n) is 3.07. The number of hydrogen-bond acceptors (Lipinski definition) is 4. The van der Waals surface area contributed by atoms with E-state index in [4.69, 9.17) is 15.8 Å². The standard InChI is InChI=1S/C6H8BNO3.ClH.Li.H/c8-5-2-1-3-6(4-5)11-7(9)10;;;/h1-4,9-10H,8H2;1H;;/q;;+1;-1. The summed E-state index contributed by atoms with van der Waals surface area (Å²) in [5, 5.41) is 16.8. The van der Waals surface area contributed by atoms with Crippen LogP contribution in [0, 0.1) is 0 Å². The van der Waals surface area contributed by atoms with Gasteiger partial charge in [0.2, 0.25) is 0 Å². The first-order valence-corrected chi connectivity index (χ1v) is 3.07. The SMILES string of the molecule is Cl.Nc1cccc(OB(O)O)c1.[H-].[Li+]. The molecule has 0 aliphatic rings. The molecule has 0 spiro atoms. The van der Waals surface area contributed by atoms with Gasteiger partial charge in [0.1, 0.15) is 5.75 Å². The summed E-state index contributed by atoms with van der Waals surface area (Å²) >= 11 is 0. The number of nitrogen functional groups attached to an aromatic ring is 1. The van der Waals surface area contributed by atoms with E-state index in [9.17, 15) is 0 Å². The maximum absolute atomic E-state index is 8.39. The Morgan fingerprint density at radius 1 is 1.38 bits per heavy atom. The van der Waals surface area contributed by atoms with Gasteiger partial charge >= 0.3 is 26.2 Å². The Labute approximate surface area is 96.3 Å². The van der Waals surface area contributed by atoms with Crippen molar-refractivity contribution in [2.45, 2.75) is 0 Å². The monoisotopic (exact) mass is 197 g/mol. The van der Waals surface area contributed by atoms with Gasteiger partial charge in [0.05, 0.1) is 0 Å². The zero-order valence-corrected chi connectivity index (χ0v) is 7.99. The molecule has 0 saturated carbocycles. The molecule has 0 aromatic heterocycles.